The molecule has 0 spiro atoms. The van der Waals surface area contributed by atoms with E-state index in [-0.39, 0.29) is 74.5 Å². The van der Waals surface area contributed by atoms with Crippen molar-refractivity contribution in [3.63, 3.8) is 0 Å². The number of aliphatic hydroxyl groups excluding tert-OH is 1. The van der Waals surface area contributed by atoms with Crippen molar-refractivity contribution in [1.29, 1.82) is 0 Å². The summed E-state index contributed by atoms with van der Waals surface area (Å²) in [5.74, 6) is 1.22. The van der Waals surface area contributed by atoms with Crippen molar-refractivity contribution in [3.8, 4) is 40.1 Å². The molecule has 414 valence electrons. The van der Waals surface area contributed by atoms with Gasteiger partial charge in [-0.2, -0.15) is 0 Å². The van der Waals surface area contributed by atoms with Gasteiger partial charge in [-0.1, -0.05) is 212 Å². The van der Waals surface area contributed by atoms with Crippen LogP contribution in [-0.4, -0.2) is 42.4 Å². The van der Waals surface area contributed by atoms with Gasteiger partial charge in [-0.3, -0.25) is 4.79 Å². The van der Waals surface area contributed by atoms with Crippen molar-refractivity contribution in [2.24, 2.45) is 0 Å². The molecule has 9 aromatic carbocycles. The Morgan fingerprint density at radius 2 is 0.793 bits per heavy atom. The zero-order valence-corrected chi connectivity index (χ0v) is 45.1. The maximum absolute atomic E-state index is 16.0. The van der Waals surface area contributed by atoms with Crippen LogP contribution in [0.1, 0.15) is 38.9 Å². The van der Waals surface area contributed by atoms with E-state index < -0.39 is 42.7 Å². The number of fused-ring (bicyclic) bond motifs is 1. The highest BCUT2D eigenvalue weighted by Crippen LogP contribution is 2.42. The summed E-state index contributed by atoms with van der Waals surface area (Å²) in [4.78, 5) is 16.0. The highest BCUT2D eigenvalue weighted by atomic mass is 16.7. The fourth-order valence-electron chi connectivity index (χ4n) is 9.67. The number of hydrogen-bond donors (Lipinski definition) is 1. The fourth-order valence-corrected chi connectivity index (χ4v) is 9.67. The summed E-state index contributed by atoms with van der Waals surface area (Å²) >= 11 is 0. The van der Waals surface area contributed by atoms with Crippen LogP contribution >= 0.6 is 0 Å². The van der Waals surface area contributed by atoms with E-state index >= 15 is 4.79 Å². The molecule has 0 aliphatic carbocycles. The SMILES string of the molecule is O=c1c(O[C@@H]2O[C@H](CO)[C@@H](OCc3ccccc3)[C@H](OCc3ccccc3)[C@H]2OCc2ccccc2)c(-c2ccc(OCc3ccccc3)c(OCc3ccccc3)c2)oc2cc(OCc3ccccc3)cc(OCc3ccccc3)c12. The highest BCUT2D eigenvalue weighted by Gasteiger charge is 2.50. The van der Waals surface area contributed by atoms with Crippen LogP contribution in [0.4, 0.5) is 0 Å². The van der Waals surface area contributed by atoms with E-state index in [0.29, 0.717) is 22.8 Å². The van der Waals surface area contributed by atoms with Gasteiger partial charge in [-0.15, -0.1) is 0 Å². The Labute approximate surface area is 476 Å². The van der Waals surface area contributed by atoms with E-state index in [1.807, 2.05) is 212 Å². The molecule has 1 N–H and O–H groups in total. The maximum Gasteiger partial charge on any atom is 0.239 e. The van der Waals surface area contributed by atoms with Crippen LogP contribution in [0, 0.1) is 0 Å². The molecule has 1 aromatic heterocycles. The smallest absolute Gasteiger partial charge is 0.239 e. The molecular weight excluding hydrogens is 1030 g/mol. The molecule has 1 aliphatic heterocycles. The van der Waals surface area contributed by atoms with Crippen LogP contribution in [0.15, 0.2) is 252 Å². The Morgan fingerprint density at radius 3 is 1.26 bits per heavy atom. The van der Waals surface area contributed by atoms with Crippen molar-refractivity contribution in [2.75, 3.05) is 6.61 Å². The van der Waals surface area contributed by atoms with Gasteiger partial charge in [-0.25, -0.2) is 0 Å². The largest absolute Gasteiger partial charge is 0.489 e. The topological polar surface area (TPSA) is 134 Å². The van der Waals surface area contributed by atoms with Crippen LogP contribution in [0.5, 0.6) is 28.7 Å². The number of hydrogen-bond acceptors (Lipinski definition) is 12. The van der Waals surface area contributed by atoms with Crippen molar-refractivity contribution < 1.29 is 52.2 Å². The molecule has 11 rings (SSSR count). The van der Waals surface area contributed by atoms with Gasteiger partial charge in [0, 0.05) is 17.7 Å². The van der Waals surface area contributed by atoms with Gasteiger partial charge in [0.05, 0.1) is 26.4 Å². The molecule has 12 nitrogen and oxygen atoms in total. The minimum Gasteiger partial charge on any atom is -0.489 e. The predicted molar refractivity (Wildman–Crippen MR) is 312 cm³/mol. The van der Waals surface area contributed by atoms with Gasteiger partial charge in [0.15, 0.2) is 17.3 Å². The molecule has 2 heterocycles. The first kappa shape index (κ1) is 54.9. The molecule has 0 amide bonds. The summed E-state index contributed by atoms with van der Waals surface area (Å²) < 4.78 is 67.6. The standard InChI is InChI=1S/C70H62O12/c71-41-62-66(77-46-53-30-16-5-17-31-53)68(78-47-54-32-18-6-19-33-54)69(79-48-55-34-20-7-21-35-55)70(81-62)82-67-64(72)63-60(76-45-52-28-14-4-15-29-52)39-57(73-42-49-22-8-1-9-23-49)40-61(63)80-65(67)56-36-37-58(74-43-50-24-10-2-11-25-50)59(38-56)75-44-51-26-12-3-13-27-51/h1-40,62,66,68-71H,41-48H2/t62-,66-,68+,69-,70+/m1/s1. The third kappa shape index (κ3) is 14.1. The van der Waals surface area contributed by atoms with Gasteiger partial charge >= 0.3 is 0 Å². The molecule has 10 aromatic rings. The third-order valence-corrected chi connectivity index (χ3v) is 13.9. The normalized spacial score (nSPS) is 16.8. The first-order valence-electron chi connectivity index (χ1n) is 27.4. The molecule has 12 heteroatoms. The van der Waals surface area contributed by atoms with E-state index in [0.717, 1.165) is 38.9 Å². The highest BCUT2D eigenvalue weighted by molar-refractivity contribution is 5.89. The predicted octanol–water partition coefficient (Wildman–Crippen LogP) is 13.6. The Morgan fingerprint density at radius 1 is 0.390 bits per heavy atom. The van der Waals surface area contributed by atoms with Crippen molar-refractivity contribution in [1.82, 2.24) is 0 Å². The zero-order valence-electron chi connectivity index (χ0n) is 45.1. The minimum atomic E-state index is -1.42. The molecular formula is C70H62O12. The van der Waals surface area contributed by atoms with Crippen LogP contribution in [0.25, 0.3) is 22.3 Å². The second-order valence-electron chi connectivity index (χ2n) is 19.8. The number of rotatable bonds is 25. The Hall–Kier alpha value is -9.01. The molecule has 0 radical (unpaired) electrons. The maximum atomic E-state index is 16.0. The molecule has 1 saturated heterocycles. The van der Waals surface area contributed by atoms with E-state index in [4.69, 9.17) is 47.0 Å². The molecule has 0 unspecified atom stereocenters. The second kappa shape index (κ2) is 27.4. The van der Waals surface area contributed by atoms with Gasteiger partial charge in [0.2, 0.25) is 17.5 Å². The fraction of sp³-hybridized carbons (Fsp3) is 0.186. The average molecular weight is 1100 g/mol. The lowest BCUT2D eigenvalue weighted by Crippen LogP contribution is -2.62. The molecule has 5 atom stereocenters. The van der Waals surface area contributed by atoms with E-state index in [1.165, 1.54) is 0 Å². The molecule has 1 aliphatic rings. The van der Waals surface area contributed by atoms with Gasteiger partial charge in [0.25, 0.3) is 0 Å². The first-order chi connectivity index (χ1) is 40.5. The van der Waals surface area contributed by atoms with Crippen LogP contribution in [-0.2, 0) is 65.2 Å². The van der Waals surface area contributed by atoms with Crippen molar-refractivity contribution in [3.05, 3.63) is 292 Å². The van der Waals surface area contributed by atoms with Gasteiger partial charge in [-0.05, 0) is 57.1 Å². The lowest BCUT2D eigenvalue weighted by Gasteiger charge is -2.45. The summed E-state index contributed by atoms with van der Waals surface area (Å²) in [7, 11) is 0. The van der Waals surface area contributed by atoms with E-state index in [9.17, 15) is 5.11 Å². The van der Waals surface area contributed by atoms with E-state index in [2.05, 4.69) is 0 Å². The Kier molecular flexibility index (Phi) is 18.4. The zero-order chi connectivity index (χ0) is 55.7. The summed E-state index contributed by atoms with van der Waals surface area (Å²) in [6.07, 6.45) is -5.36. The van der Waals surface area contributed by atoms with Crippen LogP contribution in [0.2, 0.25) is 0 Å². The third-order valence-electron chi connectivity index (χ3n) is 13.9. The lowest BCUT2D eigenvalue weighted by molar-refractivity contribution is -0.308. The van der Waals surface area contributed by atoms with E-state index in [1.54, 1.807) is 30.3 Å². The summed E-state index contributed by atoms with van der Waals surface area (Å²) in [5.41, 5.74) is 6.34. The lowest BCUT2D eigenvalue weighted by atomic mass is 9.97. The minimum absolute atomic E-state index is 0.0288. The second-order valence-corrected chi connectivity index (χ2v) is 19.8. The molecule has 0 saturated carbocycles. The Bertz CT molecular complexity index is 3630. The summed E-state index contributed by atoms with van der Waals surface area (Å²) in [6.45, 7) is 0.747. The van der Waals surface area contributed by atoms with Gasteiger partial charge in [0.1, 0.15) is 73.3 Å². The molecule has 0 bridgehead atoms. The monoisotopic (exact) mass is 1090 g/mol. The van der Waals surface area contributed by atoms with Crippen LogP contribution < -0.4 is 29.1 Å². The number of aliphatic hydroxyl groups is 1. The number of benzene rings is 9. The van der Waals surface area contributed by atoms with Crippen molar-refractivity contribution >= 4 is 11.0 Å². The quantitative estimate of drug-likeness (QED) is 0.0584. The summed E-state index contributed by atoms with van der Waals surface area (Å²) in [5, 5.41) is 11.4. The summed E-state index contributed by atoms with van der Waals surface area (Å²) in [6, 6.07) is 77.0. The Balaban J connectivity index is 1.06. The van der Waals surface area contributed by atoms with Gasteiger partial charge < -0.3 is 52.2 Å². The average Bonchev–Trinajstić information content (AvgIpc) is 3.63. The first-order valence-corrected chi connectivity index (χ1v) is 27.4. The van der Waals surface area contributed by atoms with Crippen LogP contribution in [0.3, 0.4) is 0 Å². The van der Waals surface area contributed by atoms with Crippen molar-refractivity contribution in [2.45, 2.75) is 77.0 Å². The molecule has 1 fully saturated rings. The number of ether oxygens (including phenoxy) is 9. The molecule has 82 heavy (non-hydrogen) atoms.